The van der Waals surface area contributed by atoms with Crippen LogP contribution in [-0.4, -0.2) is 50.0 Å². The Bertz CT molecular complexity index is 1070. The maximum Gasteiger partial charge on any atom is 0.253 e. The van der Waals surface area contributed by atoms with E-state index in [1.807, 2.05) is 33.7 Å². The Morgan fingerprint density at radius 3 is 2.61 bits per heavy atom. The number of fused-ring (bicyclic) bond motifs is 1. The van der Waals surface area contributed by atoms with Gasteiger partial charge in [0, 0.05) is 53.5 Å². The Kier molecular flexibility index (Phi) is 6.04. The molecule has 1 N–H and O–H groups in total. The van der Waals surface area contributed by atoms with Crippen LogP contribution in [0.15, 0.2) is 30.6 Å². The lowest BCUT2D eigenvalue weighted by atomic mass is 10.1. The first-order valence-corrected chi connectivity index (χ1v) is 11.9. The molecule has 2 aromatic heterocycles. The summed E-state index contributed by atoms with van der Waals surface area (Å²) in [5.74, 6) is 0.760. The van der Waals surface area contributed by atoms with Crippen molar-refractivity contribution in [1.82, 2.24) is 24.4 Å². The van der Waals surface area contributed by atoms with Crippen molar-refractivity contribution in [2.45, 2.75) is 44.8 Å². The number of carbonyl (C=O) groups is 1. The first-order valence-electron chi connectivity index (χ1n) is 10.9. The zero-order chi connectivity index (χ0) is 21.2. The fourth-order valence-electron chi connectivity index (χ4n) is 4.24. The van der Waals surface area contributed by atoms with Crippen molar-refractivity contribution in [2.75, 3.05) is 25.0 Å². The second kappa shape index (κ2) is 9.07. The van der Waals surface area contributed by atoms with Gasteiger partial charge in [-0.05, 0) is 62.8 Å². The molecule has 1 atom stereocenters. The Morgan fingerprint density at radius 1 is 1.06 bits per heavy atom. The molecule has 0 radical (unpaired) electrons. The van der Waals surface area contributed by atoms with Gasteiger partial charge in [0.15, 0.2) is 20.8 Å². The second-order valence-electron chi connectivity index (χ2n) is 8.04. The number of ether oxygens (including phenoxy) is 1. The van der Waals surface area contributed by atoms with E-state index in [0.29, 0.717) is 20.7 Å². The Hall–Kier alpha value is -2.27. The first kappa shape index (κ1) is 20.6. The van der Waals surface area contributed by atoms with Gasteiger partial charge >= 0.3 is 0 Å². The van der Waals surface area contributed by atoms with Crippen LogP contribution in [0.5, 0.6) is 0 Å². The first-order chi connectivity index (χ1) is 15.2. The molecule has 0 saturated carbocycles. The summed E-state index contributed by atoms with van der Waals surface area (Å²) in [6, 6.07) is 7.58. The van der Waals surface area contributed by atoms with Gasteiger partial charge in [-0.2, -0.15) is 0 Å². The van der Waals surface area contributed by atoms with Crippen LogP contribution in [-0.2, 0) is 4.74 Å². The highest BCUT2D eigenvalue weighted by atomic mass is 127. The van der Waals surface area contributed by atoms with Crippen molar-refractivity contribution in [3.63, 3.8) is 0 Å². The molecule has 2 fully saturated rings. The number of amides is 1. The lowest BCUT2D eigenvalue weighted by Crippen LogP contribution is -2.35. The van der Waals surface area contributed by atoms with Crippen molar-refractivity contribution >= 4 is 51.2 Å². The lowest BCUT2D eigenvalue weighted by molar-refractivity contribution is -0.0298. The fraction of sp³-hybridized carbons (Fsp3) is 0.455. The molecule has 0 spiro atoms. The molecule has 1 amide bonds. The van der Waals surface area contributed by atoms with E-state index in [-0.39, 0.29) is 12.1 Å². The molecule has 2 aliphatic rings. The summed E-state index contributed by atoms with van der Waals surface area (Å²) < 4.78 is 8.56. The summed E-state index contributed by atoms with van der Waals surface area (Å²) in [7, 11) is 0. The predicted octanol–water partition coefficient (Wildman–Crippen LogP) is 4.50. The van der Waals surface area contributed by atoms with E-state index in [9.17, 15) is 4.79 Å². The zero-order valence-corrected chi connectivity index (χ0v) is 19.4. The number of nitrogens with one attached hydrogen (secondary N) is 1. The maximum atomic E-state index is 12.7. The molecule has 5 rings (SSSR count). The summed E-state index contributed by atoms with van der Waals surface area (Å²) in [6.07, 6.45) is 8.34. The monoisotopic (exact) mass is 532 g/mol. The minimum Gasteiger partial charge on any atom is -0.358 e. The van der Waals surface area contributed by atoms with E-state index < -0.39 is 0 Å². The number of hydrogen-bond acceptors (Lipinski definition) is 6. The second-order valence-corrected chi connectivity index (χ2v) is 9.01. The Labute approximate surface area is 194 Å². The summed E-state index contributed by atoms with van der Waals surface area (Å²) in [5, 5.41) is 3.35. The summed E-state index contributed by atoms with van der Waals surface area (Å²) in [4.78, 5) is 28.4. The molecule has 9 heteroatoms. The van der Waals surface area contributed by atoms with Crippen LogP contribution in [0.3, 0.4) is 0 Å². The molecular weight excluding hydrogens is 507 g/mol. The average Bonchev–Trinajstić information content (AvgIpc) is 3.24. The van der Waals surface area contributed by atoms with Crippen LogP contribution in [0.4, 0.5) is 11.5 Å². The minimum atomic E-state index is -0.0302. The van der Waals surface area contributed by atoms with E-state index in [4.69, 9.17) is 4.74 Å². The lowest BCUT2D eigenvalue weighted by Gasteiger charge is -2.26. The fourth-order valence-corrected chi connectivity index (χ4v) is 4.71. The molecule has 8 nitrogen and oxygen atoms in total. The molecule has 1 unspecified atom stereocenters. The van der Waals surface area contributed by atoms with Gasteiger partial charge in [-0.1, -0.05) is 0 Å². The van der Waals surface area contributed by atoms with E-state index in [1.165, 1.54) is 6.42 Å². The number of rotatable bonds is 4. The number of nitrogens with zero attached hydrogens (tertiary/aromatic N) is 5. The largest absolute Gasteiger partial charge is 0.358 e. The number of hydrogen-bond donors (Lipinski definition) is 1. The van der Waals surface area contributed by atoms with Crippen LogP contribution >= 0.6 is 22.6 Å². The van der Waals surface area contributed by atoms with Gasteiger partial charge in [0.1, 0.15) is 6.23 Å². The summed E-state index contributed by atoms with van der Waals surface area (Å²) >= 11 is 2.13. The van der Waals surface area contributed by atoms with Gasteiger partial charge in [0.25, 0.3) is 5.91 Å². The van der Waals surface area contributed by atoms with E-state index in [1.54, 1.807) is 6.33 Å². The number of likely N-dealkylation sites (tertiary alicyclic amines) is 1. The number of piperidine rings is 1. The number of halogens is 1. The quantitative estimate of drug-likeness (QED) is 0.394. The topological polar surface area (TPSA) is 85.2 Å². The number of carbonyl (C=O) groups excluding carboxylic acids is 1. The van der Waals surface area contributed by atoms with Gasteiger partial charge in [0.05, 0.1) is 6.33 Å². The van der Waals surface area contributed by atoms with Gasteiger partial charge < -0.3 is 15.0 Å². The number of anilines is 2. The SMILES string of the molecule is O=C(c1ccc(Nc2nc(I)nc3c2ncn3C2CCCCO2)cc1)N1CCCCC1. The molecule has 162 valence electrons. The third kappa shape index (κ3) is 4.38. The highest BCUT2D eigenvalue weighted by Crippen LogP contribution is 2.29. The molecule has 0 aliphatic carbocycles. The van der Waals surface area contributed by atoms with Crippen molar-refractivity contribution in [3.05, 3.63) is 40.0 Å². The van der Waals surface area contributed by atoms with Crippen LogP contribution in [0.25, 0.3) is 11.2 Å². The van der Waals surface area contributed by atoms with Crippen LogP contribution in [0, 0.1) is 3.83 Å². The molecule has 0 bridgehead atoms. The molecular formula is C22H25IN6O2. The van der Waals surface area contributed by atoms with Crippen molar-refractivity contribution in [3.8, 4) is 0 Å². The maximum absolute atomic E-state index is 12.7. The molecule has 4 heterocycles. The number of aromatic nitrogens is 4. The Morgan fingerprint density at radius 2 is 1.87 bits per heavy atom. The third-order valence-corrected chi connectivity index (χ3v) is 6.38. The van der Waals surface area contributed by atoms with Crippen molar-refractivity contribution in [1.29, 1.82) is 0 Å². The molecule has 2 saturated heterocycles. The highest BCUT2D eigenvalue weighted by molar-refractivity contribution is 14.1. The average molecular weight is 532 g/mol. The normalized spacial score (nSPS) is 19.5. The number of imidazole rings is 1. The molecule has 31 heavy (non-hydrogen) atoms. The van der Waals surface area contributed by atoms with E-state index >= 15 is 0 Å². The van der Waals surface area contributed by atoms with E-state index in [0.717, 1.165) is 63.1 Å². The van der Waals surface area contributed by atoms with Crippen LogP contribution < -0.4 is 5.32 Å². The molecule has 2 aliphatic heterocycles. The molecule has 3 aromatic rings. The predicted molar refractivity (Wildman–Crippen MR) is 126 cm³/mol. The summed E-state index contributed by atoms with van der Waals surface area (Å²) in [5.41, 5.74) is 3.05. The summed E-state index contributed by atoms with van der Waals surface area (Å²) in [6.45, 7) is 2.47. The minimum absolute atomic E-state index is 0.0302. The molecule has 1 aromatic carbocycles. The van der Waals surface area contributed by atoms with Crippen LogP contribution in [0.2, 0.25) is 0 Å². The smallest absolute Gasteiger partial charge is 0.253 e. The van der Waals surface area contributed by atoms with Crippen LogP contribution in [0.1, 0.15) is 55.1 Å². The van der Waals surface area contributed by atoms with E-state index in [2.05, 4.69) is 42.9 Å². The zero-order valence-electron chi connectivity index (χ0n) is 17.3. The van der Waals surface area contributed by atoms with Gasteiger partial charge in [-0.15, -0.1) is 0 Å². The van der Waals surface area contributed by atoms with Gasteiger partial charge in [-0.3, -0.25) is 9.36 Å². The third-order valence-electron chi connectivity index (χ3n) is 5.90. The van der Waals surface area contributed by atoms with Crippen molar-refractivity contribution < 1.29 is 9.53 Å². The van der Waals surface area contributed by atoms with Gasteiger partial charge in [-0.25, -0.2) is 15.0 Å². The van der Waals surface area contributed by atoms with Crippen molar-refractivity contribution in [2.24, 2.45) is 0 Å². The standard InChI is InChI=1S/C22H25IN6O2/c23-22-26-19(18-20(27-22)29(14-24-18)17-6-2-5-13-31-17)25-16-9-7-15(8-10-16)21(30)28-11-3-1-4-12-28/h7-10,14,17H,1-6,11-13H2,(H,25,26,27). The highest BCUT2D eigenvalue weighted by Gasteiger charge is 2.21. The van der Waals surface area contributed by atoms with Gasteiger partial charge in [0.2, 0.25) is 0 Å². The Balaban J connectivity index is 1.37. The number of benzene rings is 1.